The molecule has 5 heteroatoms. The molecule has 18 heavy (non-hydrogen) atoms. The molecule has 0 aliphatic carbocycles. The summed E-state index contributed by atoms with van der Waals surface area (Å²) >= 11 is 1.43. The van der Waals surface area contributed by atoms with Gasteiger partial charge in [0, 0.05) is 25.9 Å². The summed E-state index contributed by atoms with van der Waals surface area (Å²) in [6.07, 6.45) is 3.11. The average molecular weight is 267 g/mol. The molecule has 1 saturated heterocycles. The normalized spacial score (nSPS) is 16.6. The first-order valence-electron chi connectivity index (χ1n) is 6.21. The van der Waals surface area contributed by atoms with Crippen LogP contribution in [0.4, 0.5) is 0 Å². The van der Waals surface area contributed by atoms with Crippen LogP contribution in [0.2, 0.25) is 0 Å². The molecule has 0 aromatic carbocycles. The van der Waals surface area contributed by atoms with Gasteiger partial charge in [-0.25, -0.2) is 4.79 Å². The molecule has 98 valence electrons. The van der Waals surface area contributed by atoms with Crippen molar-refractivity contribution in [3.05, 3.63) is 21.9 Å². The predicted octanol–water partition coefficient (Wildman–Crippen LogP) is 2.09. The highest BCUT2D eigenvalue weighted by Gasteiger charge is 2.23. The lowest BCUT2D eigenvalue weighted by Gasteiger charge is -2.28. The minimum absolute atomic E-state index is 0.0551. The minimum Gasteiger partial charge on any atom is -0.458 e. The number of amides is 1. The number of rotatable bonds is 4. The van der Waals surface area contributed by atoms with Crippen molar-refractivity contribution in [2.75, 3.05) is 13.1 Å². The molecular formula is C13H17NO3S. The van der Waals surface area contributed by atoms with E-state index in [1.54, 1.807) is 4.90 Å². The predicted molar refractivity (Wildman–Crippen MR) is 69.8 cm³/mol. The number of aryl methyl sites for hydroxylation is 1. The fourth-order valence-electron chi connectivity index (χ4n) is 2.10. The van der Waals surface area contributed by atoms with Gasteiger partial charge in [-0.15, -0.1) is 11.3 Å². The van der Waals surface area contributed by atoms with Gasteiger partial charge in [0.05, 0.1) is 0 Å². The number of hydrogen-bond acceptors (Lipinski definition) is 4. The Morgan fingerprint density at radius 3 is 2.89 bits per heavy atom. The summed E-state index contributed by atoms with van der Waals surface area (Å²) in [5, 5.41) is 1.92. The van der Waals surface area contributed by atoms with Crippen molar-refractivity contribution in [2.24, 2.45) is 0 Å². The topological polar surface area (TPSA) is 46.6 Å². The molecule has 0 spiro atoms. The molecule has 0 atom stereocenters. The zero-order chi connectivity index (χ0) is 13.0. The number of hydrogen-bond donors (Lipinski definition) is 0. The van der Waals surface area contributed by atoms with E-state index in [-0.39, 0.29) is 12.1 Å². The number of carbonyl (C=O) groups is 2. The van der Waals surface area contributed by atoms with Gasteiger partial charge in [0.15, 0.2) is 0 Å². The molecule has 0 unspecified atom stereocenters. The first kappa shape index (κ1) is 13.1. The lowest BCUT2D eigenvalue weighted by molar-refractivity contribution is -0.120. The van der Waals surface area contributed by atoms with E-state index in [1.807, 2.05) is 18.4 Å². The molecule has 1 amide bonds. The molecule has 1 aliphatic heterocycles. The van der Waals surface area contributed by atoms with E-state index in [0.717, 1.165) is 36.1 Å². The molecule has 1 aliphatic rings. The number of carbonyl (C=O) groups excluding carboxylic acids is 2. The van der Waals surface area contributed by atoms with Crippen molar-refractivity contribution >= 4 is 23.7 Å². The average Bonchev–Trinajstić information content (AvgIpc) is 2.88. The number of esters is 1. The van der Waals surface area contributed by atoms with Gasteiger partial charge in [0.25, 0.3) is 0 Å². The van der Waals surface area contributed by atoms with Gasteiger partial charge >= 0.3 is 5.97 Å². The highest BCUT2D eigenvalue weighted by Crippen LogP contribution is 2.21. The molecule has 0 bridgehead atoms. The molecular weight excluding hydrogens is 250 g/mol. The van der Waals surface area contributed by atoms with Gasteiger partial charge in [-0.2, -0.15) is 0 Å². The van der Waals surface area contributed by atoms with Crippen LogP contribution in [0.5, 0.6) is 0 Å². The number of likely N-dealkylation sites (tertiary alicyclic amines) is 1. The molecule has 1 aromatic heterocycles. The van der Waals surface area contributed by atoms with Gasteiger partial charge in [0.1, 0.15) is 11.0 Å². The maximum Gasteiger partial charge on any atom is 0.348 e. The molecule has 2 rings (SSSR count). The van der Waals surface area contributed by atoms with E-state index >= 15 is 0 Å². The van der Waals surface area contributed by atoms with Crippen molar-refractivity contribution < 1.29 is 14.3 Å². The number of nitrogens with zero attached hydrogens (tertiary/aromatic N) is 1. The van der Waals surface area contributed by atoms with Crippen molar-refractivity contribution in [3.8, 4) is 0 Å². The van der Waals surface area contributed by atoms with E-state index in [2.05, 4.69) is 0 Å². The Morgan fingerprint density at radius 2 is 2.28 bits per heavy atom. The number of piperidine rings is 1. The summed E-state index contributed by atoms with van der Waals surface area (Å²) in [6.45, 7) is 3.38. The maximum atomic E-state index is 12.0. The number of ether oxygens (including phenoxy) is 1. The largest absolute Gasteiger partial charge is 0.458 e. The molecule has 2 heterocycles. The number of thiophene rings is 1. The highest BCUT2D eigenvalue weighted by molar-refractivity contribution is 7.12. The smallest absolute Gasteiger partial charge is 0.348 e. The molecule has 0 radical (unpaired) electrons. The Kier molecular flexibility index (Phi) is 4.36. The van der Waals surface area contributed by atoms with E-state index in [0.29, 0.717) is 13.1 Å². The maximum absolute atomic E-state index is 12.0. The lowest BCUT2D eigenvalue weighted by atomic mass is 10.1. The van der Waals surface area contributed by atoms with E-state index in [4.69, 9.17) is 4.74 Å². The Labute approximate surface area is 111 Å². The summed E-state index contributed by atoms with van der Waals surface area (Å²) < 4.78 is 5.50. The second kappa shape index (κ2) is 6.00. The lowest BCUT2D eigenvalue weighted by Crippen LogP contribution is -2.36. The zero-order valence-electron chi connectivity index (χ0n) is 10.4. The SMILES string of the molecule is CCc1ccsc1C(=O)OC1CCN(C=O)CC1. The van der Waals surface area contributed by atoms with Gasteiger partial charge in [0.2, 0.25) is 6.41 Å². The summed E-state index contributed by atoms with van der Waals surface area (Å²) in [5.74, 6) is -0.216. The van der Waals surface area contributed by atoms with Crippen LogP contribution in [0.25, 0.3) is 0 Å². The monoisotopic (exact) mass is 267 g/mol. The minimum atomic E-state index is -0.216. The van der Waals surface area contributed by atoms with Gasteiger partial charge in [-0.05, 0) is 23.4 Å². The Balaban J connectivity index is 1.90. The standard InChI is InChI=1S/C13H17NO3S/c1-2-10-5-8-18-12(10)13(16)17-11-3-6-14(9-15)7-4-11/h5,8-9,11H,2-4,6-7H2,1H3. The van der Waals surface area contributed by atoms with E-state index < -0.39 is 0 Å². The molecule has 1 aromatic rings. The van der Waals surface area contributed by atoms with E-state index in [9.17, 15) is 9.59 Å². The third-order valence-corrected chi connectivity index (χ3v) is 4.15. The van der Waals surface area contributed by atoms with E-state index in [1.165, 1.54) is 11.3 Å². The highest BCUT2D eigenvalue weighted by atomic mass is 32.1. The third kappa shape index (κ3) is 2.90. The third-order valence-electron chi connectivity index (χ3n) is 3.21. The van der Waals surface area contributed by atoms with Gasteiger partial charge < -0.3 is 9.64 Å². The van der Waals surface area contributed by atoms with Crippen LogP contribution in [0.15, 0.2) is 11.4 Å². The molecule has 0 saturated carbocycles. The van der Waals surface area contributed by atoms with Crippen LogP contribution in [-0.4, -0.2) is 36.5 Å². The second-order valence-electron chi connectivity index (χ2n) is 4.37. The Hall–Kier alpha value is -1.36. The van der Waals surface area contributed by atoms with Crippen LogP contribution in [-0.2, 0) is 16.0 Å². The Bertz CT molecular complexity index is 422. The van der Waals surface area contributed by atoms with Crippen LogP contribution >= 0.6 is 11.3 Å². The summed E-state index contributed by atoms with van der Waals surface area (Å²) in [4.78, 5) is 25.0. The Morgan fingerprint density at radius 1 is 1.56 bits per heavy atom. The summed E-state index contributed by atoms with van der Waals surface area (Å²) in [5.41, 5.74) is 1.05. The quantitative estimate of drug-likeness (QED) is 0.620. The fourth-order valence-corrected chi connectivity index (χ4v) is 2.97. The van der Waals surface area contributed by atoms with Crippen LogP contribution in [0.3, 0.4) is 0 Å². The summed E-state index contributed by atoms with van der Waals surface area (Å²) in [6, 6.07) is 1.97. The summed E-state index contributed by atoms with van der Waals surface area (Å²) in [7, 11) is 0. The van der Waals surface area contributed by atoms with Crippen molar-refractivity contribution in [2.45, 2.75) is 32.3 Å². The van der Waals surface area contributed by atoms with Crippen molar-refractivity contribution in [1.82, 2.24) is 4.90 Å². The molecule has 1 fully saturated rings. The van der Waals surface area contributed by atoms with Crippen LogP contribution < -0.4 is 0 Å². The molecule has 0 N–H and O–H groups in total. The van der Waals surface area contributed by atoms with Crippen molar-refractivity contribution in [3.63, 3.8) is 0 Å². The second-order valence-corrected chi connectivity index (χ2v) is 5.29. The molecule has 4 nitrogen and oxygen atoms in total. The first-order chi connectivity index (χ1) is 8.74. The van der Waals surface area contributed by atoms with Crippen molar-refractivity contribution in [1.29, 1.82) is 0 Å². The van der Waals surface area contributed by atoms with Gasteiger partial charge in [-0.1, -0.05) is 6.92 Å². The zero-order valence-corrected chi connectivity index (χ0v) is 11.2. The first-order valence-corrected chi connectivity index (χ1v) is 7.09. The van der Waals surface area contributed by atoms with Crippen LogP contribution in [0, 0.1) is 0 Å². The van der Waals surface area contributed by atoms with Gasteiger partial charge in [-0.3, -0.25) is 4.79 Å². The van der Waals surface area contributed by atoms with Crippen LogP contribution in [0.1, 0.15) is 35.0 Å². The fraction of sp³-hybridized carbons (Fsp3) is 0.538.